The predicted octanol–water partition coefficient (Wildman–Crippen LogP) is 1.98. The molecule has 116 valence electrons. The van der Waals surface area contributed by atoms with Crippen LogP contribution in [0.3, 0.4) is 0 Å². The Bertz CT molecular complexity index is 647. The minimum atomic E-state index is -3.72. The van der Waals surface area contributed by atoms with Gasteiger partial charge >= 0.3 is 0 Å². The zero-order valence-electron chi connectivity index (χ0n) is 12.4. The van der Waals surface area contributed by atoms with Crippen molar-refractivity contribution in [2.75, 3.05) is 13.7 Å². The van der Waals surface area contributed by atoms with E-state index in [4.69, 9.17) is 5.11 Å². The highest BCUT2D eigenvalue weighted by Gasteiger charge is 2.25. The van der Waals surface area contributed by atoms with Gasteiger partial charge in [0.25, 0.3) is 0 Å². The maximum atomic E-state index is 13.8. The van der Waals surface area contributed by atoms with Gasteiger partial charge in [-0.2, -0.15) is 4.31 Å². The summed E-state index contributed by atoms with van der Waals surface area (Å²) in [6.45, 7) is 3.42. The van der Waals surface area contributed by atoms with E-state index in [1.165, 1.54) is 23.5 Å². The number of halogens is 1. The van der Waals surface area contributed by atoms with Gasteiger partial charge in [0.15, 0.2) is 0 Å². The molecular weight excluding hydrogens is 293 g/mol. The number of rotatable bonds is 5. The molecule has 0 radical (unpaired) electrons. The van der Waals surface area contributed by atoms with Gasteiger partial charge in [-0.1, -0.05) is 25.2 Å². The molecule has 0 spiro atoms. The van der Waals surface area contributed by atoms with Gasteiger partial charge in [0.2, 0.25) is 10.0 Å². The maximum absolute atomic E-state index is 13.8. The van der Waals surface area contributed by atoms with Gasteiger partial charge in [0.1, 0.15) is 12.4 Å². The van der Waals surface area contributed by atoms with Crippen LogP contribution in [0.25, 0.3) is 0 Å². The van der Waals surface area contributed by atoms with Crippen LogP contribution in [0, 0.1) is 17.7 Å². The number of aliphatic hydroxyl groups is 1. The molecular formula is C15H20FNO3S. The van der Waals surface area contributed by atoms with E-state index in [9.17, 15) is 12.8 Å². The fraction of sp³-hybridized carbons (Fsp3) is 0.467. The first kappa shape index (κ1) is 17.6. The summed E-state index contributed by atoms with van der Waals surface area (Å²) in [5.74, 6) is 4.04. The van der Waals surface area contributed by atoms with Crippen molar-refractivity contribution in [2.24, 2.45) is 0 Å². The number of sulfonamides is 1. The highest BCUT2D eigenvalue weighted by molar-refractivity contribution is 7.89. The van der Waals surface area contributed by atoms with Gasteiger partial charge in [-0.05, 0) is 31.5 Å². The van der Waals surface area contributed by atoms with E-state index < -0.39 is 15.8 Å². The van der Waals surface area contributed by atoms with Gasteiger partial charge in [0, 0.05) is 13.1 Å². The minimum absolute atomic E-state index is 0.0623. The van der Waals surface area contributed by atoms with Crippen LogP contribution in [0.2, 0.25) is 0 Å². The first-order valence-electron chi connectivity index (χ1n) is 6.71. The van der Waals surface area contributed by atoms with Crippen LogP contribution in [-0.2, 0) is 10.0 Å². The summed E-state index contributed by atoms with van der Waals surface area (Å²) in [6, 6.07) is 3.45. The monoisotopic (exact) mass is 313 g/mol. The molecule has 6 heteroatoms. The van der Waals surface area contributed by atoms with Crippen molar-refractivity contribution in [1.82, 2.24) is 4.31 Å². The second-order valence-corrected chi connectivity index (χ2v) is 6.76. The topological polar surface area (TPSA) is 57.6 Å². The first-order valence-corrected chi connectivity index (χ1v) is 8.16. The van der Waals surface area contributed by atoms with Crippen molar-refractivity contribution in [1.29, 1.82) is 0 Å². The quantitative estimate of drug-likeness (QED) is 0.846. The molecule has 0 bridgehead atoms. The lowest BCUT2D eigenvalue weighted by molar-refractivity contribution is 0.350. The van der Waals surface area contributed by atoms with E-state index in [1.807, 2.05) is 13.8 Å². The number of hydrogen-bond acceptors (Lipinski definition) is 3. The van der Waals surface area contributed by atoms with E-state index in [0.29, 0.717) is 0 Å². The van der Waals surface area contributed by atoms with Crippen molar-refractivity contribution in [3.05, 3.63) is 29.6 Å². The summed E-state index contributed by atoms with van der Waals surface area (Å²) in [5.41, 5.74) is 0.0623. The Kier molecular flexibility index (Phi) is 6.34. The van der Waals surface area contributed by atoms with Crippen molar-refractivity contribution in [3.63, 3.8) is 0 Å². The van der Waals surface area contributed by atoms with Crippen molar-refractivity contribution in [2.45, 2.75) is 37.6 Å². The fourth-order valence-electron chi connectivity index (χ4n) is 1.90. The molecule has 0 saturated carbocycles. The van der Waals surface area contributed by atoms with Crippen LogP contribution in [0.5, 0.6) is 0 Å². The molecule has 21 heavy (non-hydrogen) atoms. The number of benzene rings is 1. The molecule has 1 atom stereocenters. The summed E-state index contributed by atoms with van der Waals surface area (Å²) in [5, 5.41) is 8.59. The van der Waals surface area contributed by atoms with Crippen LogP contribution in [0.1, 0.15) is 32.3 Å². The molecule has 4 nitrogen and oxygen atoms in total. The summed E-state index contributed by atoms with van der Waals surface area (Å²) in [4.78, 5) is -0.0972. The molecule has 1 rings (SSSR count). The second kappa shape index (κ2) is 7.55. The zero-order valence-corrected chi connectivity index (χ0v) is 13.2. The molecule has 0 saturated heterocycles. The molecule has 0 fully saturated rings. The molecule has 1 unspecified atom stereocenters. The van der Waals surface area contributed by atoms with E-state index in [0.717, 1.165) is 18.9 Å². The molecule has 0 amide bonds. The third-order valence-electron chi connectivity index (χ3n) is 3.25. The molecule has 1 aromatic rings. The summed E-state index contributed by atoms with van der Waals surface area (Å²) in [6.07, 6.45) is 1.60. The Labute approximate surface area is 125 Å². The van der Waals surface area contributed by atoms with Crippen LogP contribution < -0.4 is 0 Å². The minimum Gasteiger partial charge on any atom is -0.384 e. The third kappa shape index (κ3) is 4.27. The Hall–Kier alpha value is -1.42. The van der Waals surface area contributed by atoms with Crippen LogP contribution in [-0.4, -0.2) is 37.5 Å². The molecule has 0 aliphatic heterocycles. The number of nitrogens with zero attached hydrogens (tertiary/aromatic N) is 1. The Morgan fingerprint density at radius 1 is 1.43 bits per heavy atom. The normalized spacial score (nSPS) is 12.9. The van der Waals surface area contributed by atoms with E-state index in [1.54, 1.807) is 0 Å². The van der Waals surface area contributed by atoms with Crippen LogP contribution >= 0.6 is 0 Å². The highest BCUT2D eigenvalue weighted by Crippen LogP contribution is 2.20. The van der Waals surface area contributed by atoms with E-state index in [2.05, 4.69) is 11.8 Å². The third-order valence-corrected chi connectivity index (χ3v) is 5.21. The SMILES string of the molecule is CCCC(C)N(C)S(=O)(=O)c1ccc(C#CCO)c(F)c1. The molecule has 0 aliphatic carbocycles. The Morgan fingerprint density at radius 2 is 2.10 bits per heavy atom. The zero-order chi connectivity index (χ0) is 16.0. The van der Waals surface area contributed by atoms with Gasteiger partial charge in [0.05, 0.1) is 10.5 Å². The van der Waals surface area contributed by atoms with Crippen molar-refractivity contribution < 1.29 is 17.9 Å². The first-order chi connectivity index (χ1) is 9.84. The van der Waals surface area contributed by atoms with Crippen molar-refractivity contribution in [3.8, 4) is 11.8 Å². The van der Waals surface area contributed by atoms with Crippen LogP contribution in [0.15, 0.2) is 23.1 Å². The van der Waals surface area contributed by atoms with Gasteiger partial charge < -0.3 is 5.11 Å². The lowest BCUT2D eigenvalue weighted by atomic mass is 10.2. The molecule has 1 aromatic carbocycles. The summed E-state index contributed by atoms with van der Waals surface area (Å²) >= 11 is 0. The molecule has 0 aromatic heterocycles. The molecule has 1 N–H and O–H groups in total. The molecule has 0 heterocycles. The van der Waals surface area contributed by atoms with Crippen molar-refractivity contribution >= 4 is 10.0 Å². The lowest BCUT2D eigenvalue weighted by Gasteiger charge is -2.24. The second-order valence-electron chi connectivity index (χ2n) is 4.76. The predicted molar refractivity (Wildman–Crippen MR) is 79.7 cm³/mol. The van der Waals surface area contributed by atoms with Gasteiger partial charge in [-0.25, -0.2) is 12.8 Å². The van der Waals surface area contributed by atoms with Crippen LogP contribution in [0.4, 0.5) is 4.39 Å². The lowest BCUT2D eigenvalue weighted by Crippen LogP contribution is -2.35. The Morgan fingerprint density at radius 3 is 2.62 bits per heavy atom. The fourth-order valence-corrected chi connectivity index (χ4v) is 3.30. The largest absolute Gasteiger partial charge is 0.384 e. The molecule has 0 aliphatic rings. The van der Waals surface area contributed by atoms with Gasteiger partial charge in [-0.3, -0.25) is 0 Å². The van der Waals surface area contributed by atoms with E-state index >= 15 is 0 Å². The standard InChI is InChI=1S/C15H20FNO3S/c1-4-6-12(2)17(3)21(19,20)14-9-8-13(7-5-10-18)15(16)11-14/h8-9,11-12,18H,4,6,10H2,1-3H3. The average molecular weight is 313 g/mol. The Balaban J connectivity index is 3.12. The average Bonchev–Trinajstić information content (AvgIpc) is 2.45. The maximum Gasteiger partial charge on any atom is 0.243 e. The van der Waals surface area contributed by atoms with Gasteiger partial charge in [-0.15, -0.1) is 0 Å². The smallest absolute Gasteiger partial charge is 0.243 e. The number of hydrogen-bond donors (Lipinski definition) is 1. The number of aliphatic hydroxyl groups excluding tert-OH is 1. The van der Waals surface area contributed by atoms with E-state index in [-0.39, 0.29) is 23.1 Å². The summed E-state index contributed by atoms with van der Waals surface area (Å²) < 4.78 is 39.9. The highest BCUT2D eigenvalue weighted by atomic mass is 32.2. The summed E-state index contributed by atoms with van der Waals surface area (Å²) in [7, 11) is -2.23.